The Bertz CT molecular complexity index is 1460. The molecule has 2 fully saturated rings. The van der Waals surface area contributed by atoms with Crippen LogP contribution in [0, 0.1) is 35.5 Å². The zero-order valence-corrected chi connectivity index (χ0v) is 26.5. The van der Waals surface area contributed by atoms with Gasteiger partial charge in [-0.25, -0.2) is 0 Å². The lowest BCUT2D eigenvalue weighted by atomic mass is 9.72. The number of alkyl halides is 1. The third-order valence-corrected chi connectivity index (χ3v) is 11.2. The molecular weight excluding hydrogens is 574 g/mol. The molecule has 1 heterocycles. The van der Waals surface area contributed by atoms with Gasteiger partial charge in [0.1, 0.15) is 0 Å². The molecule has 0 N–H and O–H groups in total. The Morgan fingerprint density at radius 1 is 0.643 bits per heavy atom. The predicted octanol–water partition coefficient (Wildman–Crippen LogP) is 11.7. The third-order valence-electron chi connectivity index (χ3n) is 10.2. The topological polar surface area (TPSA) is 4.93 Å². The Morgan fingerprint density at radius 2 is 1.14 bits per heavy atom. The first-order valence-electron chi connectivity index (χ1n) is 16.2. The van der Waals surface area contributed by atoms with Crippen molar-refractivity contribution in [1.29, 1.82) is 0 Å². The van der Waals surface area contributed by atoms with Gasteiger partial charge in [0.15, 0.2) is 0 Å². The van der Waals surface area contributed by atoms with Crippen molar-refractivity contribution in [3.05, 3.63) is 122 Å². The summed E-state index contributed by atoms with van der Waals surface area (Å²) in [5.41, 5.74) is 4.14. The van der Waals surface area contributed by atoms with E-state index in [1.54, 1.807) is 0 Å². The van der Waals surface area contributed by atoms with Crippen molar-refractivity contribution in [3.8, 4) is 0 Å². The highest BCUT2D eigenvalue weighted by Gasteiger charge is 2.29. The average Bonchev–Trinajstić information content (AvgIpc) is 3.36. The minimum Gasteiger partial charge on any atom is -0.340 e. The van der Waals surface area contributed by atoms with E-state index in [1.807, 2.05) is 0 Å². The van der Waals surface area contributed by atoms with Crippen molar-refractivity contribution >= 4 is 37.7 Å². The maximum atomic E-state index is 4.24. The fourth-order valence-corrected chi connectivity index (χ4v) is 8.70. The van der Waals surface area contributed by atoms with Gasteiger partial charge >= 0.3 is 0 Å². The van der Waals surface area contributed by atoms with Crippen LogP contribution in [0.25, 0.3) is 21.8 Å². The summed E-state index contributed by atoms with van der Waals surface area (Å²) in [6, 6.07) is 28.7. The van der Waals surface area contributed by atoms with E-state index in [0.717, 1.165) is 12.5 Å². The van der Waals surface area contributed by atoms with E-state index >= 15 is 0 Å². The molecule has 0 bridgehead atoms. The minimum absolute atomic E-state index is 0.446. The van der Waals surface area contributed by atoms with Crippen LogP contribution in [0.1, 0.15) is 61.8 Å². The maximum absolute atomic E-state index is 4.24. The van der Waals surface area contributed by atoms with E-state index in [9.17, 15) is 0 Å². The van der Waals surface area contributed by atoms with Gasteiger partial charge in [0, 0.05) is 33.2 Å². The van der Waals surface area contributed by atoms with Crippen LogP contribution < -0.4 is 0 Å². The Labute approximate surface area is 261 Å². The van der Waals surface area contributed by atoms with Crippen LogP contribution >= 0.6 is 15.9 Å². The molecule has 0 amide bonds. The van der Waals surface area contributed by atoms with Crippen LogP contribution in [0.2, 0.25) is 0 Å². The van der Waals surface area contributed by atoms with Gasteiger partial charge in [-0.05, 0) is 105 Å². The number of aromatic nitrogens is 1. The fraction of sp³-hybridized carbons (Fsp3) is 0.400. The minimum atomic E-state index is 0.446. The Hall–Kier alpha value is -2.84. The van der Waals surface area contributed by atoms with E-state index in [4.69, 9.17) is 0 Å². The van der Waals surface area contributed by atoms with E-state index in [0.29, 0.717) is 34.4 Å². The van der Waals surface area contributed by atoms with Crippen molar-refractivity contribution in [2.24, 2.45) is 35.5 Å². The summed E-state index contributed by atoms with van der Waals surface area (Å²) in [7, 11) is 0. The van der Waals surface area contributed by atoms with Crippen molar-refractivity contribution < 1.29 is 0 Å². The number of para-hydroxylation sites is 2. The molecule has 2 heteroatoms. The second kappa shape index (κ2) is 13.6. The Kier molecular flexibility index (Phi) is 9.49. The molecule has 7 unspecified atom stereocenters. The zero-order chi connectivity index (χ0) is 28.9. The molecule has 218 valence electrons. The van der Waals surface area contributed by atoms with Crippen molar-refractivity contribution in [2.75, 3.05) is 0 Å². The standard InChI is InChI=1S/C40H46BrN/c1-3-29-22-31(26-33(23-29)20-21-38(41)35-12-6-5-7-13-35)18-19-32-24-30(4-2)25-34(27-32)28-42-39-16-10-8-14-36(39)37-15-9-11-17-40(37)42/h3-19,29-34,38H,1-2,20-28H2. The number of halogens is 1. The summed E-state index contributed by atoms with van der Waals surface area (Å²) in [5, 5.41) is 2.75. The molecule has 6 rings (SSSR count). The monoisotopic (exact) mass is 619 g/mol. The summed E-state index contributed by atoms with van der Waals surface area (Å²) < 4.78 is 2.59. The van der Waals surface area contributed by atoms with Gasteiger partial charge in [0.2, 0.25) is 0 Å². The second-order valence-electron chi connectivity index (χ2n) is 13.1. The number of hydrogen-bond donors (Lipinski definition) is 0. The molecular formula is C40H46BrN. The van der Waals surface area contributed by atoms with Gasteiger partial charge in [-0.3, -0.25) is 0 Å². The first kappa shape index (κ1) is 29.2. The van der Waals surface area contributed by atoms with E-state index in [-0.39, 0.29) is 0 Å². The molecule has 7 atom stereocenters. The summed E-state index contributed by atoms with van der Waals surface area (Å²) in [5.74, 6) is 3.96. The lowest BCUT2D eigenvalue weighted by molar-refractivity contribution is 0.229. The number of benzene rings is 3. The molecule has 0 saturated heterocycles. The van der Waals surface area contributed by atoms with Crippen LogP contribution in [0.4, 0.5) is 0 Å². The Morgan fingerprint density at radius 3 is 1.74 bits per heavy atom. The van der Waals surface area contributed by atoms with Gasteiger partial charge in [0.05, 0.1) is 0 Å². The highest BCUT2D eigenvalue weighted by Crippen LogP contribution is 2.42. The summed E-state index contributed by atoms with van der Waals surface area (Å²) in [4.78, 5) is 0.446. The van der Waals surface area contributed by atoms with Crippen LogP contribution in [-0.2, 0) is 6.54 Å². The molecule has 42 heavy (non-hydrogen) atoms. The van der Waals surface area contributed by atoms with Crippen LogP contribution in [-0.4, -0.2) is 4.57 Å². The molecule has 2 aliphatic carbocycles. The van der Waals surface area contributed by atoms with Crippen LogP contribution in [0.3, 0.4) is 0 Å². The molecule has 1 nitrogen and oxygen atoms in total. The van der Waals surface area contributed by atoms with Crippen molar-refractivity contribution in [1.82, 2.24) is 4.57 Å². The highest BCUT2D eigenvalue weighted by atomic mass is 79.9. The number of fused-ring (bicyclic) bond motifs is 3. The molecule has 3 aromatic carbocycles. The van der Waals surface area contributed by atoms with Crippen LogP contribution in [0.15, 0.2) is 116 Å². The molecule has 2 aliphatic rings. The van der Waals surface area contributed by atoms with Gasteiger partial charge in [-0.1, -0.05) is 107 Å². The Balaban J connectivity index is 1.12. The van der Waals surface area contributed by atoms with Gasteiger partial charge < -0.3 is 4.57 Å². The summed E-state index contributed by atoms with van der Waals surface area (Å²) >= 11 is 3.96. The quantitative estimate of drug-likeness (QED) is 0.123. The summed E-state index contributed by atoms with van der Waals surface area (Å²) in [6.45, 7) is 9.54. The molecule has 0 aliphatic heterocycles. The second-order valence-corrected chi connectivity index (χ2v) is 14.2. The molecule has 2 saturated carbocycles. The number of rotatable bonds is 10. The first-order chi connectivity index (χ1) is 20.6. The normalized spacial score (nSPS) is 27.4. The van der Waals surface area contributed by atoms with Gasteiger partial charge in [-0.15, -0.1) is 13.2 Å². The van der Waals surface area contributed by atoms with E-state index in [2.05, 4.69) is 137 Å². The third kappa shape index (κ3) is 6.70. The number of allylic oxidation sites excluding steroid dienone is 4. The van der Waals surface area contributed by atoms with Gasteiger partial charge in [-0.2, -0.15) is 0 Å². The van der Waals surface area contributed by atoms with Crippen molar-refractivity contribution in [2.45, 2.75) is 62.7 Å². The lowest BCUT2D eigenvalue weighted by Gasteiger charge is -2.35. The maximum Gasteiger partial charge on any atom is 0.0491 e. The van der Waals surface area contributed by atoms with Gasteiger partial charge in [0.25, 0.3) is 0 Å². The fourth-order valence-electron chi connectivity index (χ4n) is 8.13. The number of nitrogens with zero attached hydrogens (tertiary/aromatic N) is 1. The SMILES string of the molecule is C=CC1CC(C=CC2CC(C=C)CC(Cn3c4ccccc4c4ccccc43)C2)CC(CCC(Br)c2ccccc2)C1. The summed E-state index contributed by atoms with van der Waals surface area (Å²) in [6.07, 6.45) is 19.8. The van der Waals surface area contributed by atoms with Crippen molar-refractivity contribution in [3.63, 3.8) is 0 Å². The largest absolute Gasteiger partial charge is 0.340 e. The highest BCUT2D eigenvalue weighted by molar-refractivity contribution is 9.09. The predicted molar refractivity (Wildman–Crippen MR) is 185 cm³/mol. The zero-order valence-electron chi connectivity index (χ0n) is 25.0. The van der Waals surface area contributed by atoms with E-state index in [1.165, 1.54) is 78.7 Å². The van der Waals surface area contributed by atoms with E-state index < -0.39 is 0 Å². The lowest BCUT2D eigenvalue weighted by Crippen LogP contribution is -2.25. The molecule has 0 radical (unpaired) electrons. The molecule has 1 aromatic heterocycles. The molecule has 4 aromatic rings. The first-order valence-corrected chi connectivity index (χ1v) is 17.1. The number of hydrogen-bond acceptors (Lipinski definition) is 0. The average molecular weight is 621 g/mol. The van der Waals surface area contributed by atoms with Crippen LogP contribution in [0.5, 0.6) is 0 Å². The smallest absolute Gasteiger partial charge is 0.0491 e. The molecule has 0 spiro atoms.